The van der Waals surface area contributed by atoms with Crippen LogP contribution < -0.4 is 10.6 Å². The first-order chi connectivity index (χ1) is 14.4. The van der Waals surface area contributed by atoms with Gasteiger partial charge in [-0.1, -0.05) is 24.3 Å². The maximum atomic E-state index is 13.7. The molecule has 2 N–H and O–H groups in total. The molecule has 0 aliphatic carbocycles. The van der Waals surface area contributed by atoms with Gasteiger partial charge in [-0.3, -0.25) is 4.99 Å². The lowest BCUT2D eigenvalue weighted by molar-refractivity contribution is 0.566. The normalized spacial score (nSPS) is 11.9. The number of hydrogen-bond acceptors (Lipinski definition) is 4. The molecule has 7 nitrogen and oxygen atoms in total. The number of aryl methyl sites for hydroxylation is 2. The number of hydrogen-bond donors (Lipinski definition) is 2. The zero-order valence-electron chi connectivity index (χ0n) is 17.5. The predicted octanol–water partition coefficient (Wildman–Crippen LogP) is 3.13. The fourth-order valence-electron chi connectivity index (χ4n) is 3.25. The van der Waals surface area contributed by atoms with E-state index >= 15 is 0 Å². The Kier molecular flexibility index (Phi) is 9.23. The highest BCUT2D eigenvalue weighted by atomic mass is 127. The summed E-state index contributed by atoms with van der Waals surface area (Å²) in [6.45, 7) is 3.58. The number of imidazole rings is 1. The molecular formula is C21H27FIN5O2S. The quantitative estimate of drug-likeness (QED) is 0.192. The molecule has 168 valence electrons. The molecule has 0 spiro atoms. The van der Waals surface area contributed by atoms with E-state index < -0.39 is 15.7 Å². The van der Waals surface area contributed by atoms with E-state index in [2.05, 4.69) is 31.2 Å². The maximum absolute atomic E-state index is 13.7. The van der Waals surface area contributed by atoms with Gasteiger partial charge in [0, 0.05) is 26.7 Å². The van der Waals surface area contributed by atoms with Gasteiger partial charge in [0.05, 0.1) is 16.8 Å². The van der Waals surface area contributed by atoms with Crippen LogP contribution in [0.2, 0.25) is 0 Å². The minimum Gasteiger partial charge on any atom is -0.356 e. The molecule has 0 saturated heterocycles. The summed E-state index contributed by atoms with van der Waals surface area (Å²) in [7, 11) is -2.09. The van der Waals surface area contributed by atoms with Crippen LogP contribution in [0, 0.1) is 12.7 Å². The van der Waals surface area contributed by atoms with Crippen molar-refractivity contribution in [3.63, 3.8) is 0 Å². The van der Waals surface area contributed by atoms with Crippen LogP contribution in [0.1, 0.15) is 12.2 Å². The molecular weight excluding hydrogens is 532 g/mol. The van der Waals surface area contributed by atoms with Crippen molar-refractivity contribution in [2.75, 3.05) is 25.9 Å². The molecule has 0 atom stereocenters. The Bertz CT molecular complexity index is 1150. The Morgan fingerprint density at radius 1 is 1.10 bits per heavy atom. The molecule has 3 rings (SSSR count). The largest absolute Gasteiger partial charge is 0.356 e. The zero-order valence-corrected chi connectivity index (χ0v) is 20.7. The molecule has 0 aliphatic heterocycles. The van der Waals surface area contributed by atoms with Crippen LogP contribution in [0.25, 0.3) is 11.0 Å². The molecule has 31 heavy (non-hydrogen) atoms. The molecule has 0 unspecified atom stereocenters. The number of aromatic nitrogens is 2. The van der Waals surface area contributed by atoms with Gasteiger partial charge in [0.2, 0.25) is 0 Å². The number of guanidine groups is 1. The highest BCUT2D eigenvalue weighted by molar-refractivity contribution is 14.0. The lowest BCUT2D eigenvalue weighted by Crippen LogP contribution is -2.40. The van der Waals surface area contributed by atoms with Gasteiger partial charge in [-0.25, -0.2) is 17.8 Å². The number of fused-ring (bicyclic) bond motifs is 1. The highest BCUT2D eigenvalue weighted by Gasteiger charge is 2.18. The first kappa shape index (κ1) is 25.1. The monoisotopic (exact) mass is 559 g/mol. The minimum absolute atomic E-state index is 0. The van der Waals surface area contributed by atoms with E-state index in [1.54, 1.807) is 7.05 Å². The molecule has 10 heteroatoms. The van der Waals surface area contributed by atoms with E-state index in [9.17, 15) is 12.8 Å². The van der Waals surface area contributed by atoms with Gasteiger partial charge in [-0.15, -0.1) is 24.0 Å². The van der Waals surface area contributed by atoms with Crippen molar-refractivity contribution in [1.82, 2.24) is 20.2 Å². The summed E-state index contributed by atoms with van der Waals surface area (Å²) < 4.78 is 40.5. The third-order valence-electron chi connectivity index (χ3n) is 4.75. The van der Waals surface area contributed by atoms with Gasteiger partial charge in [-0.2, -0.15) is 0 Å². The third-order valence-corrected chi connectivity index (χ3v) is 6.50. The number of sulfone groups is 1. The van der Waals surface area contributed by atoms with E-state index in [0.717, 1.165) is 35.9 Å². The number of nitrogens with zero attached hydrogens (tertiary/aromatic N) is 3. The second-order valence-electron chi connectivity index (χ2n) is 6.83. The van der Waals surface area contributed by atoms with Crippen molar-refractivity contribution in [3.05, 3.63) is 60.2 Å². The molecule has 0 aliphatic rings. The van der Waals surface area contributed by atoms with Gasteiger partial charge in [0.1, 0.15) is 16.5 Å². The fraction of sp³-hybridized carbons (Fsp3) is 0.333. The Morgan fingerprint density at radius 3 is 2.52 bits per heavy atom. The molecule has 2 aromatic carbocycles. The summed E-state index contributed by atoms with van der Waals surface area (Å²) in [4.78, 5) is 8.39. The topological polar surface area (TPSA) is 88.4 Å². The number of rotatable bonds is 8. The van der Waals surface area contributed by atoms with E-state index in [0.29, 0.717) is 12.5 Å². The number of halogens is 2. The Hall–Kier alpha value is -2.21. The van der Waals surface area contributed by atoms with Crippen molar-refractivity contribution in [1.29, 1.82) is 0 Å². The maximum Gasteiger partial charge on any atom is 0.191 e. The number of aliphatic imine (C=N–C) groups is 1. The van der Waals surface area contributed by atoms with Gasteiger partial charge < -0.3 is 15.2 Å². The summed E-state index contributed by atoms with van der Waals surface area (Å²) >= 11 is 0. The van der Waals surface area contributed by atoms with Crippen LogP contribution in [-0.2, 0) is 16.4 Å². The zero-order chi connectivity index (χ0) is 21.6. The van der Waals surface area contributed by atoms with Gasteiger partial charge in [0.15, 0.2) is 15.8 Å². The van der Waals surface area contributed by atoms with Gasteiger partial charge >= 0.3 is 0 Å². The molecule has 0 radical (unpaired) electrons. The highest BCUT2D eigenvalue weighted by Crippen LogP contribution is 2.16. The Balaban J connectivity index is 0.00000341. The second kappa shape index (κ2) is 11.4. The number of benzene rings is 2. The lowest BCUT2D eigenvalue weighted by atomic mass is 10.3. The van der Waals surface area contributed by atoms with Gasteiger partial charge in [0.25, 0.3) is 0 Å². The molecule has 0 bridgehead atoms. The summed E-state index contributed by atoms with van der Waals surface area (Å²) in [5, 5.41) is 6.14. The Labute approximate surface area is 199 Å². The fourth-order valence-corrected chi connectivity index (χ4v) is 4.50. The van der Waals surface area contributed by atoms with Crippen molar-refractivity contribution >= 4 is 50.8 Å². The van der Waals surface area contributed by atoms with Crippen molar-refractivity contribution in [2.24, 2.45) is 4.99 Å². The third kappa shape index (κ3) is 6.39. The predicted molar refractivity (Wildman–Crippen MR) is 132 cm³/mol. The van der Waals surface area contributed by atoms with Crippen LogP contribution in [0.5, 0.6) is 0 Å². The van der Waals surface area contributed by atoms with Crippen molar-refractivity contribution < 1.29 is 12.8 Å². The molecule has 0 fully saturated rings. The molecule has 3 aromatic rings. The van der Waals surface area contributed by atoms with Crippen LogP contribution in [0.15, 0.2) is 58.4 Å². The molecule has 1 heterocycles. The molecule has 0 saturated carbocycles. The van der Waals surface area contributed by atoms with Crippen molar-refractivity contribution in [3.8, 4) is 0 Å². The van der Waals surface area contributed by atoms with Crippen LogP contribution in [-0.4, -0.2) is 49.8 Å². The van der Waals surface area contributed by atoms with Crippen LogP contribution in [0.4, 0.5) is 4.39 Å². The van der Waals surface area contributed by atoms with Crippen LogP contribution >= 0.6 is 24.0 Å². The summed E-state index contributed by atoms with van der Waals surface area (Å²) in [6, 6.07) is 13.4. The Morgan fingerprint density at radius 2 is 1.77 bits per heavy atom. The summed E-state index contributed by atoms with van der Waals surface area (Å²) in [5.41, 5.74) is 2.09. The van der Waals surface area contributed by atoms with E-state index in [1.165, 1.54) is 18.2 Å². The first-order valence-corrected chi connectivity index (χ1v) is 11.4. The van der Waals surface area contributed by atoms with Crippen LogP contribution in [0.3, 0.4) is 0 Å². The molecule has 1 aromatic heterocycles. The van der Waals surface area contributed by atoms with E-state index in [1.807, 2.05) is 25.1 Å². The summed E-state index contributed by atoms with van der Waals surface area (Å²) in [6.07, 6.45) is 0.843. The first-order valence-electron chi connectivity index (χ1n) is 9.76. The second-order valence-corrected chi connectivity index (χ2v) is 8.91. The average molecular weight is 559 g/mol. The minimum atomic E-state index is -3.71. The molecule has 0 amide bonds. The standard InChI is InChI=1S/C21H26FN5O2S.HI/c1-16-26-18-9-4-5-10-19(18)27(16)14-7-12-24-21(23-2)25-13-15-30(28,29)20-11-6-3-8-17(20)22;/h3-6,8-11H,7,12-15H2,1-2H3,(H2,23,24,25);1H. The van der Waals surface area contributed by atoms with Gasteiger partial charge in [-0.05, 0) is 37.6 Å². The average Bonchev–Trinajstić information content (AvgIpc) is 3.05. The van der Waals surface area contributed by atoms with E-state index in [-0.39, 0.29) is 41.2 Å². The van der Waals surface area contributed by atoms with Crippen molar-refractivity contribution in [2.45, 2.75) is 24.8 Å². The summed E-state index contributed by atoms with van der Waals surface area (Å²) in [5.74, 6) is 0.514. The van der Waals surface area contributed by atoms with E-state index in [4.69, 9.17) is 0 Å². The number of nitrogens with one attached hydrogen (secondary N) is 2. The smallest absolute Gasteiger partial charge is 0.191 e. The lowest BCUT2D eigenvalue weighted by Gasteiger charge is -2.13. The number of para-hydroxylation sites is 2. The SMILES string of the molecule is CN=C(NCCCn1c(C)nc2ccccc21)NCCS(=O)(=O)c1ccccc1F.I.